The molecule has 2 aromatic carbocycles. The summed E-state index contributed by atoms with van der Waals surface area (Å²) in [5.41, 5.74) is 3.04. The highest BCUT2D eigenvalue weighted by Crippen LogP contribution is 2.11. The van der Waals surface area contributed by atoms with E-state index in [0.717, 1.165) is 16.8 Å². The molecule has 0 aliphatic heterocycles. The molecule has 0 heterocycles. The van der Waals surface area contributed by atoms with Crippen LogP contribution in [0.3, 0.4) is 0 Å². The average Bonchev–Trinajstić information content (AvgIpc) is 2.55. The standard InChI is InChI=1S/C21H24N2O2/c1-17(13-21(25)14-18(2)24)22-23(15-19-9-5-3-6-10-19)16-20-11-7-4-8-12-20/h3-12H,13-16H2,1-2H3/b22-17+. The van der Waals surface area contributed by atoms with Gasteiger partial charge in [0.05, 0.1) is 19.5 Å². The summed E-state index contributed by atoms with van der Waals surface area (Å²) in [4.78, 5) is 22.9. The van der Waals surface area contributed by atoms with Crippen LogP contribution in [0.2, 0.25) is 0 Å². The Labute approximate surface area is 149 Å². The predicted octanol–water partition coefficient (Wildman–Crippen LogP) is 4.00. The molecule has 0 bridgehead atoms. The number of carbonyl (C=O) groups excluding carboxylic acids is 2. The molecule has 0 aliphatic rings. The molecule has 0 saturated carbocycles. The van der Waals surface area contributed by atoms with Crippen LogP contribution in [0, 0.1) is 0 Å². The van der Waals surface area contributed by atoms with Crippen LogP contribution < -0.4 is 0 Å². The molecule has 0 fully saturated rings. The van der Waals surface area contributed by atoms with Gasteiger partial charge in [0, 0.05) is 12.1 Å². The average molecular weight is 336 g/mol. The van der Waals surface area contributed by atoms with Crippen LogP contribution >= 0.6 is 0 Å². The molecule has 0 saturated heterocycles. The molecular formula is C21H24N2O2. The minimum atomic E-state index is -0.108. The molecule has 2 rings (SSSR count). The van der Waals surface area contributed by atoms with Crippen molar-refractivity contribution >= 4 is 17.3 Å². The van der Waals surface area contributed by atoms with Crippen molar-refractivity contribution in [2.75, 3.05) is 0 Å². The first-order valence-corrected chi connectivity index (χ1v) is 8.41. The quantitative estimate of drug-likeness (QED) is 0.395. The minimum absolute atomic E-state index is 0.0236. The molecule has 0 N–H and O–H groups in total. The van der Waals surface area contributed by atoms with Crippen molar-refractivity contribution in [3.8, 4) is 0 Å². The lowest BCUT2D eigenvalue weighted by Crippen LogP contribution is -2.20. The van der Waals surface area contributed by atoms with Gasteiger partial charge in [0.1, 0.15) is 11.6 Å². The third-order valence-corrected chi connectivity index (χ3v) is 3.63. The maximum absolute atomic E-state index is 11.8. The SMILES string of the molecule is CC(=O)CC(=O)C/C(C)=N/N(Cc1ccccc1)Cc1ccccc1. The van der Waals surface area contributed by atoms with E-state index < -0.39 is 0 Å². The highest BCUT2D eigenvalue weighted by atomic mass is 16.1. The first-order valence-electron chi connectivity index (χ1n) is 8.41. The van der Waals surface area contributed by atoms with Gasteiger partial charge >= 0.3 is 0 Å². The molecule has 0 aliphatic carbocycles. The van der Waals surface area contributed by atoms with Crippen LogP contribution in [-0.2, 0) is 22.7 Å². The van der Waals surface area contributed by atoms with Crippen LogP contribution in [0.5, 0.6) is 0 Å². The lowest BCUT2D eigenvalue weighted by atomic mass is 10.1. The number of Topliss-reactive ketones (excluding diaryl/α,β-unsaturated/α-hetero) is 2. The molecule has 0 amide bonds. The van der Waals surface area contributed by atoms with Gasteiger partial charge in [0.2, 0.25) is 0 Å². The summed E-state index contributed by atoms with van der Waals surface area (Å²) in [5.74, 6) is -0.198. The fourth-order valence-electron chi connectivity index (χ4n) is 2.62. The molecular weight excluding hydrogens is 312 g/mol. The number of hydrazone groups is 1. The van der Waals surface area contributed by atoms with E-state index in [1.807, 2.05) is 48.3 Å². The molecule has 130 valence electrons. The van der Waals surface area contributed by atoms with Gasteiger partial charge in [-0.05, 0) is 25.0 Å². The van der Waals surface area contributed by atoms with Crippen molar-refractivity contribution in [3.05, 3.63) is 71.8 Å². The van der Waals surface area contributed by atoms with Crippen molar-refractivity contribution in [1.82, 2.24) is 5.01 Å². The van der Waals surface area contributed by atoms with Crippen molar-refractivity contribution in [2.24, 2.45) is 5.10 Å². The van der Waals surface area contributed by atoms with Crippen molar-refractivity contribution in [1.29, 1.82) is 0 Å². The largest absolute Gasteiger partial charge is 0.300 e. The van der Waals surface area contributed by atoms with Gasteiger partial charge in [-0.1, -0.05) is 60.7 Å². The first kappa shape index (κ1) is 18.6. The van der Waals surface area contributed by atoms with Gasteiger partial charge < -0.3 is 0 Å². The Bertz CT molecular complexity index is 683. The number of benzene rings is 2. The molecule has 0 unspecified atom stereocenters. The van der Waals surface area contributed by atoms with Gasteiger partial charge in [-0.15, -0.1) is 0 Å². The highest BCUT2D eigenvalue weighted by Gasteiger charge is 2.10. The van der Waals surface area contributed by atoms with E-state index in [4.69, 9.17) is 0 Å². The Morgan fingerprint density at radius 2 is 1.28 bits per heavy atom. The summed E-state index contributed by atoms with van der Waals surface area (Å²) >= 11 is 0. The number of hydrogen-bond acceptors (Lipinski definition) is 4. The summed E-state index contributed by atoms with van der Waals surface area (Å²) in [7, 11) is 0. The first-order chi connectivity index (χ1) is 12.0. The van der Waals surface area contributed by atoms with Gasteiger partial charge in [-0.2, -0.15) is 5.10 Å². The third kappa shape index (κ3) is 7.12. The topological polar surface area (TPSA) is 49.7 Å². The van der Waals surface area contributed by atoms with E-state index >= 15 is 0 Å². The number of nitrogens with zero attached hydrogens (tertiary/aromatic N) is 2. The maximum atomic E-state index is 11.8. The normalized spacial score (nSPS) is 11.2. The van der Waals surface area contributed by atoms with E-state index in [9.17, 15) is 9.59 Å². The highest BCUT2D eigenvalue weighted by molar-refractivity contribution is 6.07. The Hall–Kier alpha value is -2.75. The number of carbonyl (C=O) groups is 2. The Balaban J connectivity index is 2.11. The van der Waals surface area contributed by atoms with Crippen LogP contribution in [0.25, 0.3) is 0 Å². The van der Waals surface area contributed by atoms with Crippen LogP contribution in [0.15, 0.2) is 65.8 Å². The molecule has 0 atom stereocenters. The fraction of sp³-hybridized carbons (Fsp3) is 0.286. The van der Waals surface area contributed by atoms with Crippen LogP contribution in [0.4, 0.5) is 0 Å². The van der Waals surface area contributed by atoms with Gasteiger partial charge in [-0.3, -0.25) is 14.6 Å². The molecule has 4 nitrogen and oxygen atoms in total. The molecule has 0 spiro atoms. The van der Waals surface area contributed by atoms with E-state index in [2.05, 4.69) is 29.4 Å². The second-order valence-electron chi connectivity index (χ2n) is 6.22. The van der Waals surface area contributed by atoms with Crippen molar-refractivity contribution < 1.29 is 9.59 Å². The zero-order chi connectivity index (χ0) is 18.1. The summed E-state index contributed by atoms with van der Waals surface area (Å²) < 4.78 is 0. The summed E-state index contributed by atoms with van der Waals surface area (Å²) in [6.07, 6.45) is 0.184. The van der Waals surface area contributed by atoms with Gasteiger partial charge in [0.25, 0.3) is 0 Å². The molecule has 4 heteroatoms. The lowest BCUT2D eigenvalue weighted by Gasteiger charge is -2.20. The second kappa shape index (κ2) is 9.52. The maximum Gasteiger partial charge on any atom is 0.145 e. The van der Waals surface area contributed by atoms with Crippen LogP contribution in [0.1, 0.15) is 37.8 Å². The lowest BCUT2D eigenvalue weighted by molar-refractivity contribution is -0.125. The molecule has 25 heavy (non-hydrogen) atoms. The molecule has 2 aromatic rings. The van der Waals surface area contributed by atoms with Gasteiger partial charge in [0.15, 0.2) is 0 Å². The number of rotatable bonds is 9. The Morgan fingerprint density at radius 1 is 0.800 bits per heavy atom. The Kier molecular flexibility index (Phi) is 7.08. The third-order valence-electron chi connectivity index (χ3n) is 3.63. The van der Waals surface area contributed by atoms with Crippen molar-refractivity contribution in [3.63, 3.8) is 0 Å². The second-order valence-corrected chi connectivity index (χ2v) is 6.22. The minimum Gasteiger partial charge on any atom is -0.300 e. The monoisotopic (exact) mass is 336 g/mol. The summed E-state index contributed by atoms with van der Waals surface area (Å²) in [6.45, 7) is 4.59. The van der Waals surface area contributed by atoms with E-state index in [0.29, 0.717) is 13.1 Å². The zero-order valence-corrected chi connectivity index (χ0v) is 14.8. The smallest absolute Gasteiger partial charge is 0.145 e. The van der Waals surface area contributed by atoms with E-state index in [1.165, 1.54) is 6.92 Å². The summed E-state index contributed by atoms with van der Waals surface area (Å²) in [6, 6.07) is 20.2. The Morgan fingerprint density at radius 3 is 1.72 bits per heavy atom. The molecule has 0 aromatic heterocycles. The zero-order valence-electron chi connectivity index (χ0n) is 14.8. The summed E-state index contributed by atoms with van der Waals surface area (Å²) in [5, 5.41) is 6.59. The van der Waals surface area contributed by atoms with E-state index in [-0.39, 0.29) is 24.4 Å². The van der Waals surface area contributed by atoms with Gasteiger partial charge in [-0.25, -0.2) is 0 Å². The van der Waals surface area contributed by atoms with Crippen LogP contribution in [-0.4, -0.2) is 22.3 Å². The number of ketones is 2. The fourth-order valence-corrected chi connectivity index (χ4v) is 2.62. The van der Waals surface area contributed by atoms with Crippen molar-refractivity contribution in [2.45, 2.75) is 39.8 Å². The molecule has 0 radical (unpaired) electrons. The van der Waals surface area contributed by atoms with E-state index in [1.54, 1.807) is 0 Å². The number of hydrogen-bond donors (Lipinski definition) is 0. The predicted molar refractivity (Wildman–Crippen MR) is 100 cm³/mol.